The van der Waals surface area contributed by atoms with Gasteiger partial charge in [0.25, 0.3) is 0 Å². The second-order valence-corrected chi connectivity index (χ2v) is 8.45. The number of ether oxygens (including phenoxy) is 1. The van der Waals surface area contributed by atoms with Gasteiger partial charge in [-0.1, -0.05) is 6.92 Å². The van der Waals surface area contributed by atoms with E-state index in [-0.39, 0.29) is 35.5 Å². The normalized spacial score (nSPS) is 47.6. The number of hydrogen-bond acceptors (Lipinski definition) is 5. The van der Waals surface area contributed by atoms with Gasteiger partial charge in [-0.25, -0.2) is 0 Å². The third-order valence-electron chi connectivity index (χ3n) is 7.31. The highest BCUT2D eigenvalue weighted by molar-refractivity contribution is 6.00. The van der Waals surface area contributed by atoms with Crippen molar-refractivity contribution in [2.24, 2.45) is 22.7 Å². The molecule has 2 bridgehead atoms. The highest BCUT2D eigenvalue weighted by Gasteiger charge is 2.72. The third-order valence-corrected chi connectivity index (χ3v) is 7.31. The lowest BCUT2D eigenvalue weighted by atomic mass is 9.51. The molecule has 6 atom stereocenters. The lowest BCUT2D eigenvalue weighted by Gasteiger charge is -2.53. The Bertz CT molecular complexity index is 602. The van der Waals surface area contributed by atoms with Crippen molar-refractivity contribution in [1.82, 2.24) is 4.90 Å². The largest absolute Gasteiger partial charge is 0.462 e. The summed E-state index contributed by atoms with van der Waals surface area (Å²) in [7, 11) is 0. The van der Waals surface area contributed by atoms with Crippen molar-refractivity contribution in [3.63, 3.8) is 0 Å². The number of rotatable bonds is 1. The molecule has 0 amide bonds. The van der Waals surface area contributed by atoms with Crippen molar-refractivity contribution in [2.45, 2.75) is 58.5 Å². The van der Waals surface area contributed by atoms with Gasteiger partial charge in [0.05, 0.1) is 5.41 Å². The fourth-order valence-electron chi connectivity index (χ4n) is 6.49. The zero-order valence-electron chi connectivity index (χ0n) is 14.7. The Labute approximate surface area is 143 Å². The molecule has 2 saturated heterocycles. The molecule has 4 aliphatic rings. The van der Waals surface area contributed by atoms with Crippen LogP contribution in [0.2, 0.25) is 0 Å². The lowest BCUT2D eigenvalue weighted by molar-refractivity contribution is -0.175. The van der Waals surface area contributed by atoms with Gasteiger partial charge in [0.15, 0.2) is 0 Å². The Morgan fingerprint density at radius 1 is 1.12 bits per heavy atom. The first-order valence-electron chi connectivity index (χ1n) is 9.37. The molecule has 5 heteroatoms. The average Bonchev–Trinajstić information content (AvgIpc) is 2.68. The molecule has 5 nitrogen and oxygen atoms in total. The van der Waals surface area contributed by atoms with E-state index in [1.165, 1.54) is 6.92 Å². The number of Topliss-reactive ketones (excluding diaryl/α,β-unsaturated/α-hetero) is 2. The fraction of sp³-hybridized carbons (Fsp3) is 0.842. The quantitative estimate of drug-likeness (QED) is 0.687. The molecule has 4 rings (SSSR count). The Balaban J connectivity index is 1.83. The zero-order chi connectivity index (χ0) is 17.1. The number of fused-ring (bicyclic) bond motifs is 1. The van der Waals surface area contributed by atoms with Crippen molar-refractivity contribution in [3.05, 3.63) is 0 Å². The molecular weight excluding hydrogens is 306 g/mol. The smallest absolute Gasteiger partial charge is 0.302 e. The molecule has 0 radical (unpaired) electrons. The highest BCUT2D eigenvalue weighted by Crippen LogP contribution is 2.66. The van der Waals surface area contributed by atoms with E-state index in [9.17, 15) is 14.4 Å². The summed E-state index contributed by atoms with van der Waals surface area (Å²) in [4.78, 5) is 40.6. The molecule has 0 aromatic carbocycles. The van der Waals surface area contributed by atoms with Crippen LogP contribution in [-0.2, 0) is 19.1 Å². The summed E-state index contributed by atoms with van der Waals surface area (Å²) in [5.74, 6) is 0.0893. The van der Waals surface area contributed by atoms with Crippen molar-refractivity contribution < 1.29 is 19.1 Å². The average molecular weight is 333 g/mol. The van der Waals surface area contributed by atoms with Crippen molar-refractivity contribution in [2.75, 3.05) is 19.6 Å². The first-order valence-corrected chi connectivity index (χ1v) is 9.37. The molecule has 0 aromatic rings. The molecule has 2 aliphatic carbocycles. The molecule has 132 valence electrons. The van der Waals surface area contributed by atoms with Gasteiger partial charge in [0, 0.05) is 43.6 Å². The van der Waals surface area contributed by atoms with Crippen LogP contribution in [0.15, 0.2) is 0 Å². The number of esters is 1. The van der Waals surface area contributed by atoms with Crippen LogP contribution in [-0.4, -0.2) is 48.2 Å². The molecule has 2 saturated carbocycles. The summed E-state index contributed by atoms with van der Waals surface area (Å²) in [6, 6.07) is 0. The minimum absolute atomic E-state index is 0.00271. The van der Waals surface area contributed by atoms with Gasteiger partial charge in [-0.15, -0.1) is 0 Å². The van der Waals surface area contributed by atoms with Gasteiger partial charge >= 0.3 is 5.97 Å². The van der Waals surface area contributed by atoms with Crippen molar-refractivity contribution in [3.8, 4) is 0 Å². The van der Waals surface area contributed by atoms with Gasteiger partial charge in [0.2, 0.25) is 0 Å². The van der Waals surface area contributed by atoms with Crippen LogP contribution in [0.3, 0.4) is 0 Å². The molecule has 6 unspecified atom stereocenters. The summed E-state index contributed by atoms with van der Waals surface area (Å²) < 4.78 is 5.68. The van der Waals surface area contributed by atoms with Crippen LogP contribution < -0.4 is 0 Å². The minimum atomic E-state index is -0.591. The van der Waals surface area contributed by atoms with Gasteiger partial charge < -0.3 is 9.64 Å². The van der Waals surface area contributed by atoms with Gasteiger partial charge in [-0.05, 0) is 38.8 Å². The fourth-order valence-corrected chi connectivity index (χ4v) is 6.49. The van der Waals surface area contributed by atoms with E-state index < -0.39 is 10.8 Å². The predicted octanol–water partition coefficient (Wildman–Crippen LogP) is 1.98. The van der Waals surface area contributed by atoms with Crippen LogP contribution in [0.5, 0.6) is 0 Å². The Morgan fingerprint density at radius 3 is 2.54 bits per heavy atom. The number of carbonyl (C=O) groups excluding carboxylic acids is 3. The summed E-state index contributed by atoms with van der Waals surface area (Å²) in [5.41, 5.74) is -1.12. The number of nitrogens with zero attached hydrogens (tertiary/aromatic N) is 1. The topological polar surface area (TPSA) is 63.7 Å². The highest BCUT2D eigenvalue weighted by atomic mass is 16.5. The van der Waals surface area contributed by atoms with Gasteiger partial charge in [-0.3, -0.25) is 14.4 Å². The van der Waals surface area contributed by atoms with E-state index in [0.717, 1.165) is 45.3 Å². The van der Waals surface area contributed by atoms with Gasteiger partial charge in [-0.2, -0.15) is 0 Å². The van der Waals surface area contributed by atoms with Crippen LogP contribution in [0.1, 0.15) is 52.4 Å². The zero-order valence-corrected chi connectivity index (χ0v) is 14.7. The Hall–Kier alpha value is -1.23. The summed E-state index contributed by atoms with van der Waals surface area (Å²) in [6.45, 7) is 6.16. The number of ketones is 2. The standard InChI is InChI=1S/C19H27NO4/c1-12-9-16(23)19-6-4-8-20-7-3-5-18(19,11-20)15(22)10-14(19)17(12)24-13(2)21/h12,14,17H,3-11H2,1-2H3. The second-order valence-electron chi connectivity index (χ2n) is 8.45. The van der Waals surface area contributed by atoms with Crippen molar-refractivity contribution >= 4 is 17.5 Å². The van der Waals surface area contributed by atoms with Crippen LogP contribution >= 0.6 is 0 Å². The number of piperidine rings is 1. The number of hydrogen-bond donors (Lipinski definition) is 0. The molecule has 24 heavy (non-hydrogen) atoms. The number of carbonyl (C=O) groups is 3. The molecular formula is C19H27NO4. The summed E-state index contributed by atoms with van der Waals surface area (Å²) in [5, 5.41) is 0. The molecule has 4 fully saturated rings. The maximum Gasteiger partial charge on any atom is 0.302 e. The van der Waals surface area contributed by atoms with E-state index >= 15 is 0 Å². The van der Waals surface area contributed by atoms with E-state index in [1.54, 1.807) is 0 Å². The molecule has 2 aliphatic heterocycles. The van der Waals surface area contributed by atoms with Crippen LogP contribution in [0.4, 0.5) is 0 Å². The van der Waals surface area contributed by atoms with Crippen molar-refractivity contribution in [1.29, 1.82) is 0 Å². The molecule has 2 heterocycles. The van der Waals surface area contributed by atoms with E-state index in [0.29, 0.717) is 12.8 Å². The molecule has 0 aromatic heterocycles. The van der Waals surface area contributed by atoms with Gasteiger partial charge in [0.1, 0.15) is 17.7 Å². The van der Waals surface area contributed by atoms with Crippen LogP contribution in [0, 0.1) is 22.7 Å². The minimum Gasteiger partial charge on any atom is -0.462 e. The SMILES string of the molecule is CC(=O)OC1C(C)CC(=O)C23CCCN4CCCC2(C4)C(=O)CC13. The maximum atomic E-state index is 13.4. The maximum absolute atomic E-state index is 13.4. The van der Waals surface area contributed by atoms with E-state index in [4.69, 9.17) is 4.74 Å². The first-order chi connectivity index (χ1) is 11.4. The molecule has 0 N–H and O–H groups in total. The van der Waals surface area contributed by atoms with E-state index in [1.807, 2.05) is 6.92 Å². The molecule has 2 spiro atoms. The Kier molecular flexibility index (Phi) is 3.64. The summed E-state index contributed by atoms with van der Waals surface area (Å²) >= 11 is 0. The Morgan fingerprint density at radius 2 is 1.83 bits per heavy atom. The lowest BCUT2D eigenvalue weighted by Crippen LogP contribution is -2.60. The first kappa shape index (κ1) is 16.2. The monoisotopic (exact) mass is 333 g/mol. The van der Waals surface area contributed by atoms with Crippen LogP contribution in [0.25, 0.3) is 0 Å². The predicted molar refractivity (Wildman–Crippen MR) is 87.2 cm³/mol. The van der Waals surface area contributed by atoms with E-state index in [2.05, 4.69) is 4.90 Å². The summed E-state index contributed by atoms with van der Waals surface area (Å²) in [6.07, 6.45) is 4.09. The second kappa shape index (κ2) is 5.38. The third kappa shape index (κ3) is 1.94.